The highest BCUT2D eigenvalue weighted by atomic mass is 32.1. The van der Waals surface area contributed by atoms with E-state index >= 15 is 0 Å². The molecule has 0 saturated carbocycles. The van der Waals surface area contributed by atoms with Crippen LogP contribution in [-0.4, -0.2) is 75.7 Å². The van der Waals surface area contributed by atoms with Gasteiger partial charge in [0.2, 0.25) is 11.6 Å². The first-order valence-corrected chi connectivity index (χ1v) is 17.9. The van der Waals surface area contributed by atoms with Gasteiger partial charge in [-0.15, -0.1) is 22.7 Å². The highest BCUT2D eigenvalue weighted by molar-refractivity contribution is 7.14. The summed E-state index contributed by atoms with van der Waals surface area (Å²) in [5.41, 5.74) is 1.25. The number of hydrogen-bond donors (Lipinski definition) is 0. The quantitative estimate of drug-likeness (QED) is 0.0401. The van der Waals surface area contributed by atoms with E-state index in [9.17, 15) is 24.0 Å². The fourth-order valence-electron chi connectivity index (χ4n) is 4.69. The molecule has 2 aromatic carbocycles. The van der Waals surface area contributed by atoms with Gasteiger partial charge in [0.25, 0.3) is 0 Å². The molecule has 10 nitrogen and oxygen atoms in total. The van der Waals surface area contributed by atoms with Crippen LogP contribution >= 0.6 is 22.7 Å². The monoisotopic (exact) mass is 720 g/mol. The second-order valence-corrected chi connectivity index (χ2v) is 13.5. The van der Waals surface area contributed by atoms with Gasteiger partial charge in [-0.1, -0.05) is 67.6 Å². The Hall–Kier alpha value is -4.49. The Kier molecular flexibility index (Phi) is 15.5. The van der Waals surface area contributed by atoms with Crippen molar-refractivity contribution < 1.29 is 47.7 Å². The van der Waals surface area contributed by atoms with Crippen molar-refractivity contribution >= 4 is 52.1 Å². The molecule has 0 aliphatic rings. The maximum absolute atomic E-state index is 12.6. The van der Waals surface area contributed by atoms with E-state index in [1.54, 1.807) is 43.3 Å². The Morgan fingerprint density at radius 1 is 0.560 bits per heavy atom. The van der Waals surface area contributed by atoms with E-state index in [2.05, 4.69) is 6.92 Å². The minimum Gasteiger partial charge on any atom is -0.463 e. The van der Waals surface area contributed by atoms with Crippen LogP contribution in [0.2, 0.25) is 0 Å². The van der Waals surface area contributed by atoms with Gasteiger partial charge in [0.15, 0.2) is 0 Å². The summed E-state index contributed by atoms with van der Waals surface area (Å²) in [4.78, 5) is 64.6. The lowest BCUT2D eigenvalue weighted by atomic mass is 10.0. The van der Waals surface area contributed by atoms with Crippen molar-refractivity contribution in [2.45, 2.75) is 38.5 Å². The molecular weight excluding hydrogens is 681 g/mol. The van der Waals surface area contributed by atoms with Gasteiger partial charge in [-0.2, -0.15) is 0 Å². The number of rotatable bonds is 21. The molecule has 50 heavy (non-hydrogen) atoms. The number of ketones is 2. The van der Waals surface area contributed by atoms with Crippen molar-refractivity contribution in [2.24, 2.45) is 0 Å². The molecule has 4 rings (SSSR count). The first kappa shape index (κ1) is 38.3. The zero-order chi connectivity index (χ0) is 35.7. The topological polar surface area (TPSA) is 132 Å². The van der Waals surface area contributed by atoms with Gasteiger partial charge in [-0.3, -0.25) is 14.4 Å². The molecule has 2 heterocycles. The Morgan fingerprint density at radius 3 is 1.60 bits per heavy atom. The van der Waals surface area contributed by atoms with E-state index in [1.165, 1.54) is 22.7 Å². The molecule has 2 atom stereocenters. The second-order valence-electron chi connectivity index (χ2n) is 11.3. The third kappa shape index (κ3) is 12.1. The van der Waals surface area contributed by atoms with Crippen molar-refractivity contribution in [2.75, 3.05) is 46.2 Å². The molecule has 0 spiro atoms. The number of carbonyl (C=O) groups excluding carboxylic acids is 5. The minimum absolute atomic E-state index is 0.0108. The van der Waals surface area contributed by atoms with Crippen molar-refractivity contribution in [1.29, 1.82) is 0 Å². The average molecular weight is 721 g/mol. The highest BCUT2D eigenvalue weighted by Crippen LogP contribution is 2.30. The van der Waals surface area contributed by atoms with Gasteiger partial charge in [0.1, 0.15) is 33.0 Å². The number of benzene rings is 2. The first-order chi connectivity index (χ1) is 24.2. The summed E-state index contributed by atoms with van der Waals surface area (Å²) in [5.74, 6) is -2.09. The summed E-state index contributed by atoms with van der Waals surface area (Å²) in [6.07, 6.45) is 1.57. The molecule has 0 fully saturated rings. The van der Waals surface area contributed by atoms with E-state index in [-0.39, 0.29) is 57.1 Å². The molecular formula is C38H40O10S2. The summed E-state index contributed by atoms with van der Waals surface area (Å²) in [6, 6.07) is 25.4. The van der Waals surface area contributed by atoms with Crippen molar-refractivity contribution in [3.8, 4) is 0 Å². The van der Waals surface area contributed by atoms with Gasteiger partial charge < -0.3 is 23.7 Å². The zero-order valence-electron chi connectivity index (χ0n) is 28.0. The van der Waals surface area contributed by atoms with Gasteiger partial charge in [0, 0.05) is 27.5 Å². The Balaban J connectivity index is 0.982. The van der Waals surface area contributed by atoms with Crippen molar-refractivity contribution in [3.63, 3.8) is 0 Å². The lowest BCUT2D eigenvalue weighted by molar-refractivity contribution is -0.158. The summed E-state index contributed by atoms with van der Waals surface area (Å²) in [5, 5.41) is 0. The van der Waals surface area contributed by atoms with Crippen LogP contribution in [0.25, 0.3) is 0 Å². The second kappa shape index (κ2) is 20.2. The molecule has 0 unspecified atom stereocenters. The lowest BCUT2D eigenvalue weighted by Crippen LogP contribution is -2.21. The molecule has 0 amide bonds. The molecule has 0 radical (unpaired) electrons. The molecule has 264 valence electrons. The van der Waals surface area contributed by atoms with E-state index < -0.39 is 23.8 Å². The molecule has 0 bridgehead atoms. The van der Waals surface area contributed by atoms with E-state index in [0.29, 0.717) is 32.4 Å². The Bertz CT molecular complexity index is 1700. The Morgan fingerprint density at radius 2 is 1.04 bits per heavy atom. The van der Waals surface area contributed by atoms with Crippen LogP contribution in [0.5, 0.6) is 0 Å². The van der Waals surface area contributed by atoms with E-state index in [1.807, 2.05) is 48.5 Å². The zero-order valence-corrected chi connectivity index (χ0v) is 29.6. The van der Waals surface area contributed by atoms with E-state index in [0.717, 1.165) is 17.7 Å². The van der Waals surface area contributed by atoms with Crippen LogP contribution < -0.4 is 0 Å². The van der Waals surface area contributed by atoms with Crippen LogP contribution in [0.3, 0.4) is 0 Å². The van der Waals surface area contributed by atoms with Gasteiger partial charge in [0.05, 0.1) is 22.3 Å². The highest BCUT2D eigenvalue weighted by Gasteiger charge is 2.21. The number of thiophene rings is 2. The maximum atomic E-state index is 12.6. The summed E-state index contributed by atoms with van der Waals surface area (Å²) >= 11 is 2.75. The summed E-state index contributed by atoms with van der Waals surface area (Å²) in [6.45, 7) is 3.29. The molecule has 2 aromatic heterocycles. The molecule has 4 aromatic rings. The van der Waals surface area contributed by atoms with Crippen molar-refractivity contribution in [3.05, 3.63) is 116 Å². The first-order valence-electron chi connectivity index (χ1n) is 16.2. The fourth-order valence-corrected chi connectivity index (χ4v) is 6.76. The van der Waals surface area contributed by atoms with Crippen LogP contribution in [0, 0.1) is 0 Å². The van der Waals surface area contributed by atoms with Gasteiger partial charge in [-0.25, -0.2) is 9.59 Å². The fraction of sp³-hybridized carbons (Fsp3) is 0.342. The molecule has 0 N–H and O–H groups in total. The molecule has 0 aliphatic heterocycles. The minimum atomic E-state index is -0.650. The largest absolute Gasteiger partial charge is 0.463 e. The lowest BCUT2D eigenvalue weighted by Gasteiger charge is -2.11. The van der Waals surface area contributed by atoms with Crippen LogP contribution in [-0.2, 0) is 38.1 Å². The summed E-state index contributed by atoms with van der Waals surface area (Å²) in [7, 11) is 0. The molecule has 0 aliphatic carbocycles. The van der Waals surface area contributed by atoms with Crippen LogP contribution in [0.15, 0.2) is 84.9 Å². The normalized spacial score (nSPS) is 12.1. The Labute approximate surface area is 299 Å². The smallest absolute Gasteiger partial charge is 0.332 e. The summed E-state index contributed by atoms with van der Waals surface area (Å²) < 4.78 is 25.9. The number of carbonyl (C=O) groups is 5. The van der Waals surface area contributed by atoms with Gasteiger partial charge in [-0.05, 0) is 49.9 Å². The molecule has 12 heteroatoms. The third-order valence-corrected chi connectivity index (χ3v) is 10.1. The van der Waals surface area contributed by atoms with Crippen LogP contribution in [0.4, 0.5) is 0 Å². The predicted octanol–water partition coefficient (Wildman–Crippen LogP) is 6.62. The average Bonchev–Trinajstić information content (AvgIpc) is 3.84. The van der Waals surface area contributed by atoms with Crippen LogP contribution in [0.1, 0.15) is 78.7 Å². The number of esters is 3. The number of hydrogen-bond acceptors (Lipinski definition) is 12. The SMILES string of the molecule is C[C@H](C(=O)OCCOCC(=O)OCCOC(=O)COCCC[C@H](C)c1ccc(C(=O)c2ccccc2)s1)c1ccc(C(=O)c2ccccc2)s1. The number of ether oxygens (including phenoxy) is 5. The predicted molar refractivity (Wildman–Crippen MR) is 189 cm³/mol. The maximum Gasteiger partial charge on any atom is 0.332 e. The van der Waals surface area contributed by atoms with E-state index in [4.69, 9.17) is 23.7 Å². The van der Waals surface area contributed by atoms with Gasteiger partial charge >= 0.3 is 17.9 Å². The molecule has 0 saturated heterocycles. The van der Waals surface area contributed by atoms with Crippen molar-refractivity contribution in [1.82, 2.24) is 0 Å². The standard InChI is InChI=1S/C38H40O10S2/c1-26(30-15-17-32(49-30)36(41)28-11-5-3-6-12-28)10-9-19-44-24-34(39)46-22-23-47-35(40)25-45-20-21-48-38(43)27(2)31-16-18-33(50-31)37(42)29-13-7-4-8-14-29/h3-8,11-18,26-27H,9-10,19-25H2,1-2H3/t26-,27-/m0/s1. The third-order valence-electron chi connectivity index (χ3n) is 7.49.